The molecule has 0 radical (unpaired) electrons. The Morgan fingerprint density at radius 2 is 1.80 bits per heavy atom. The van der Waals surface area contributed by atoms with Gasteiger partial charge in [-0.15, -0.1) is 10.2 Å². The van der Waals surface area contributed by atoms with Crippen LogP contribution in [0, 0.1) is 0 Å². The number of pyridine rings is 2. The molecule has 0 aromatic carbocycles. The van der Waals surface area contributed by atoms with Crippen LogP contribution in [-0.4, -0.2) is 29.8 Å². The van der Waals surface area contributed by atoms with Crippen LogP contribution in [-0.2, 0) is 0 Å². The van der Waals surface area contributed by atoms with Gasteiger partial charge in [0, 0.05) is 35.9 Å². The fraction of sp³-hybridized carbons (Fsp3) is 0. The molecule has 0 spiro atoms. The molecule has 0 bridgehead atoms. The van der Waals surface area contributed by atoms with Crippen molar-refractivity contribution in [3.63, 3.8) is 0 Å². The summed E-state index contributed by atoms with van der Waals surface area (Å²) in [7, 11) is 0. The van der Waals surface area contributed by atoms with E-state index in [1.54, 1.807) is 29.3 Å². The minimum Gasteiger partial charge on any atom is -0.265 e. The zero-order chi connectivity index (χ0) is 13.4. The van der Waals surface area contributed by atoms with Crippen LogP contribution in [0.15, 0.2) is 49.1 Å². The lowest BCUT2D eigenvalue weighted by molar-refractivity contribution is 0.968. The minimum absolute atomic E-state index is 0.699. The van der Waals surface area contributed by atoms with Crippen LogP contribution in [0.3, 0.4) is 0 Å². The SMILES string of the molecule is c1cncc(-c2nnc3sc(-c4ccncc4)nn23)c1. The van der Waals surface area contributed by atoms with E-state index in [1.165, 1.54) is 11.3 Å². The molecule has 6 nitrogen and oxygen atoms in total. The fourth-order valence-electron chi connectivity index (χ4n) is 1.90. The lowest BCUT2D eigenvalue weighted by atomic mass is 10.3. The summed E-state index contributed by atoms with van der Waals surface area (Å²) in [4.78, 5) is 8.87. The summed E-state index contributed by atoms with van der Waals surface area (Å²) in [6.45, 7) is 0. The van der Waals surface area contributed by atoms with Gasteiger partial charge in [0.2, 0.25) is 4.96 Å². The molecule has 20 heavy (non-hydrogen) atoms. The molecule has 0 saturated carbocycles. The van der Waals surface area contributed by atoms with E-state index in [2.05, 4.69) is 25.3 Å². The highest BCUT2D eigenvalue weighted by atomic mass is 32.1. The molecular weight excluding hydrogens is 272 g/mol. The topological polar surface area (TPSA) is 68.9 Å². The summed E-state index contributed by atoms with van der Waals surface area (Å²) in [5.41, 5.74) is 1.92. The highest BCUT2D eigenvalue weighted by Gasteiger charge is 2.14. The van der Waals surface area contributed by atoms with E-state index in [4.69, 9.17) is 0 Å². The van der Waals surface area contributed by atoms with Crippen LogP contribution in [0.25, 0.3) is 26.9 Å². The largest absolute Gasteiger partial charge is 0.265 e. The summed E-state index contributed by atoms with van der Waals surface area (Å²) in [6, 6.07) is 7.66. The number of rotatable bonds is 2. The van der Waals surface area contributed by atoms with Gasteiger partial charge >= 0.3 is 0 Å². The molecule has 0 aliphatic carbocycles. The maximum Gasteiger partial charge on any atom is 0.235 e. The standard InChI is InChI=1S/C13H8N6S/c1-2-10(8-15-5-1)11-16-17-13-19(11)18-12(20-13)9-3-6-14-7-4-9/h1-8H. The smallest absolute Gasteiger partial charge is 0.235 e. The van der Waals surface area contributed by atoms with Gasteiger partial charge in [0.25, 0.3) is 0 Å². The molecule has 0 aliphatic heterocycles. The maximum absolute atomic E-state index is 4.57. The second kappa shape index (κ2) is 4.46. The Kier molecular flexibility index (Phi) is 2.49. The molecular formula is C13H8N6S. The number of nitrogens with zero attached hydrogens (tertiary/aromatic N) is 6. The normalized spacial score (nSPS) is 11.0. The quantitative estimate of drug-likeness (QED) is 0.563. The van der Waals surface area contributed by atoms with Crippen molar-refractivity contribution >= 4 is 16.3 Å². The lowest BCUT2D eigenvalue weighted by Crippen LogP contribution is -1.91. The van der Waals surface area contributed by atoms with Crippen LogP contribution in [0.1, 0.15) is 0 Å². The van der Waals surface area contributed by atoms with Crippen molar-refractivity contribution in [2.24, 2.45) is 0 Å². The molecule has 0 N–H and O–H groups in total. The Labute approximate surface area is 117 Å². The first-order valence-corrected chi connectivity index (χ1v) is 6.76. The first-order chi connectivity index (χ1) is 9.92. The van der Waals surface area contributed by atoms with Crippen LogP contribution < -0.4 is 0 Å². The molecule has 0 unspecified atom stereocenters. The van der Waals surface area contributed by atoms with Gasteiger partial charge in [-0.3, -0.25) is 9.97 Å². The molecule has 0 amide bonds. The summed E-state index contributed by atoms with van der Waals surface area (Å²) < 4.78 is 1.75. The molecule has 96 valence electrons. The zero-order valence-electron chi connectivity index (χ0n) is 10.2. The molecule has 4 aromatic rings. The summed E-state index contributed by atoms with van der Waals surface area (Å²) in [5, 5.41) is 13.8. The second-order valence-corrected chi connectivity index (χ2v) is 5.06. The van der Waals surface area contributed by atoms with Gasteiger partial charge < -0.3 is 0 Å². The number of fused-ring (bicyclic) bond motifs is 1. The Morgan fingerprint density at radius 3 is 2.60 bits per heavy atom. The first-order valence-electron chi connectivity index (χ1n) is 5.95. The van der Waals surface area contributed by atoms with Gasteiger partial charge in [-0.25, -0.2) is 0 Å². The van der Waals surface area contributed by atoms with E-state index in [0.29, 0.717) is 5.82 Å². The fourth-order valence-corrected chi connectivity index (χ4v) is 2.75. The van der Waals surface area contributed by atoms with Crippen LogP contribution in [0.4, 0.5) is 0 Å². The average molecular weight is 280 g/mol. The van der Waals surface area contributed by atoms with Crippen molar-refractivity contribution in [1.29, 1.82) is 0 Å². The van der Waals surface area contributed by atoms with Crippen LogP contribution in [0.5, 0.6) is 0 Å². The highest BCUT2D eigenvalue weighted by Crippen LogP contribution is 2.27. The average Bonchev–Trinajstić information content (AvgIpc) is 3.09. The molecule has 4 heterocycles. The van der Waals surface area contributed by atoms with Crippen LogP contribution >= 0.6 is 11.3 Å². The third-order valence-electron chi connectivity index (χ3n) is 2.84. The van der Waals surface area contributed by atoms with E-state index >= 15 is 0 Å². The summed E-state index contributed by atoms with van der Waals surface area (Å²) in [5.74, 6) is 0.699. The predicted molar refractivity (Wildman–Crippen MR) is 75.1 cm³/mol. The molecule has 4 aromatic heterocycles. The molecule has 0 fully saturated rings. The third kappa shape index (κ3) is 1.76. The van der Waals surface area contributed by atoms with Gasteiger partial charge in [0.05, 0.1) is 0 Å². The predicted octanol–water partition coefficient (Wildman–Crippen LogP) is 2.31. The Bertz CT molecular complexity index is 852. The van der Waals surface area contributed by atoms with Gasteiger partial charge in [-0.1, -0.05) is 11.3 Å². The molecule has 7 heteroatoms. The van der Waals surface area contributed by atoms with Gasteiger partial charge in [-0.05, 0) is 24.3 Å². The van der Waals surface area contributed by atoms with Crippen LogP contribution in [0.2, 0.25) is 0 Å². The van der Waals surface area contributed by atoms with E-state index < -0.39 is 0 Å². The van der Waals surface area contributed by atoms with Crippen molar-refractivity contribution in [3.8, 4) is 22.0 Å². The first kappa shape index (κ1) is 11.2. The van der Waals surface area contributed by atoms with E-state index in [1.807, 2.05) is 24.3 Å². The van der Waals surface area contributed by atoms with E-state index in [0.717, 1.165) is 21.1 Å². The highest BCUT2D eigenvalue weighted by molar-refractivity contribution is 7.19. The maximum atomic E-state index is 4.57. The summed E-state index contributed by atoms with van der Waals surface area (Å²) >= 11 is 1.50. The van der Waals surface area contributed by atoms with Gasteiger partial charge in [-0.2, -0.15) is 9.61 Å². The molecule has 0 saturated heterocycles. The Balaban J connectivity index is 1.88. The van der Waals surface area contributed by atoms with Gasteiger partial charge in [0.1, 0.15) is 5.01 Å². The molecule has 0 atom stereocenters. The van der Waals surface area contributed by atoms with Crippen molar-refractivity contribution in [1.82, 2.24) is 29.8 Å². The third-order valence-corrected chi connectivity index (χ3v) is 3.79. The zero-order valence-corrected chi connectivity index (χ0v) is 11.0. The van der Waals surface area contributed by atoms with Crippen molar-refractivity contribution in [3.05, 3.63) is 49.1 Å². The van der Waals surface area contributed by atoms with Crippen molar-refractivity contribution < 1.29 is 0 Å². The molecule has 4 rings (SSSR count). The lowest BCUT2D eigenvalue weighted by Gasteiger charge is -1.95. The Morgan fingerprint density at radius 1 is 0.900 bits per heavy atom. The van der Waals surface area contributed by atoms with Crippen molar-refractivity contribution in [2.75, 3.05) is 0 Å². The minimum atomic E-state index is 0.699. The van der Waals surface area contributed by atoms with E-state index in [-0.39, 0.29) is 0 Å². The second-order valence-electron chi connectivity index (χ2n) is 4.10. The monoisotopic (exact) mass is 280 g/mol. The number of hydrogen-bond acceptors (Lipinski definition) is 6. The van der Waals surface area contributed by atoms with Crippen molar-refractivity contribution in [2.45, 2.75) is 0 Å². The van der Waals surface area contributed by atoms with E-state index in [9.17, 15) is 0 Å². The molecule has 0 aliphatic rings. The summed E-state index contributed by atoms with van der Waals surface area (Å²) in [6.07, 6.45) is 6.98. The number of hydrogen-bond donors (Lipinski definition) is 0. The Hall–Kier alpha value is -2.67. The van der Waals surface area contributed by atoms with Gasteiger partial charge in [0.15, 0.2) is 5.82 Å². The number of aromatic nitrogens is 6.